The molecule has 0 bridgehead atoms. The maximum atomic E-state index is 12.3. The monoisotopic (exact) mass is 214 g/mol. The molecule has 0 heterocycles. The molecular formula is C6H4FKO3S. The minimum absolute atomic E-state index is 0. The third kappa shape index (κ3) is 3.61. The number of rotatable bonds is 1. The Balaban J connectivity index is 0.00000121. The molecule has 0 aliphatic heterocycles. The van der Waals surface area contributed by atoms with Crippen molar-refractivity contribution >= 4 is 10.1 Å². The Morgan fingerprint density at radius 3 is 2.25 bits per heavy atom. The van der Waals surface area contributed by atoms with Gasteiger partial charge in [0.2, 0.25) is 0 Å². The molecule has 1 aromatic rings. The smallest absolute Gasteiger partial charge is 0.744 e. The van der Waals surface area contributed by atoms with E-state index in [1.165, 1.54) is 6.07 Å². The second kappa shape index (κ2) is 4.80. The van der Waals surface area contributed by atoms with Gasteiger partial charge < -0.3 is 4.55 Å². The van der Waals surface area contributed by atoms with E-state index in [-0.39, 0.29) is 51.4 Å². The predicted molar refractivity (Wildman–Crippen MR) is 34.4 cm³/mol. The number of hydrogen-bond donors (Lipinski definition) is 0. The fourth-order valence-electron chi connectivity index (χ4n) is 0.623. The summed E-state index contributed by atoms with van der Waals surface area (Å²) >= 11 is 0. The van der Waals surface area contributed by atoms with Gasteiger partial charge in [-0.1, -0.05) is 6.07 Å². The molecule has 6 heteroatoms. The molecule has 1 aromatic carbocycles. The third-order valence-corrected chi connectivity index (χ3v) is 1.92. The fourth-order valence-corrected chi connectivity index (χ4v) is 1.12. The van der Waals surface area contributed by atoms with Gasteiger partial charge in [-0.15, -0.1) is 0 Å². The zero-order valence-corrected chi connectivity index (χ0v) is 10.3. The van der Waals surface area contributed by atoms with Gasteiger partial charge in [-0.25, -0.2) is 12.8 Å². The summed E-state index contributed by atoms with van der Waals surface area (Å²) in [5.41, 5.74) is 0. The summed E-state index contributed by atoms with van der Waals surface area (Å²) < 4.78 is 43.1. The summed E-state index contributed by atoms with van der Waals surface area (Å²) in [6.07, 6.45) is 0. The van der Waals surface area contributed by atoms with Gasteiger partial charge in [-0.2, -0.15) is 0 Å². The van der Waals surface area contributed by atoms with Crippen LogP contribution in [0.15, 0.2) is 29.2 Å². The summed E-state index contributed by atoms with van der Waals surface area (Å²) in [4.78, 5) is -0.544. The summed E-state index contributed by atoms with van der Waals surface area (Å²) in [7, 11) is -4.52. The minimum atomic E-state index is -4.52. The molecule has 0 N–H and O–H groups in total. The molecule has 3 nitrogen and oxygen atoms in total. The van der Waals surface area contributed by atoms with Gasteiger partial charge in [0.05, 0.1) is 4.90 Å². The standard InChI is InChI=1S/C6H5FO3S.K/c7-5-2-1-3-6(4-5)11(8,9)10;/h1-4H,(H,8,9,10);/q;+1/p-1. The molecule has 60 valence electrons. The molecule has 0 unspecified atom stereocenters. The summed E-state index contributed by atoms with van der Waals surface area (Å²) in [6.45, 7) is 0. The van der Waals surface area contributed by atoms with E-state index >= 15 is 0 Å². The quantitative estimate of drug-likeness (QED) is 0.391. The van der Waals surface area contributed by atoms with E-state index < -0.39 is 20.8 Å². The number of hydrogen-bond acceptors (Lipinski definition) is 3. The summed E-state index contributed by atoms with van der Waals surface area (Å²) in [5.74, 6) is -0.734. The molecule has 0 atom stereocenters. The molecule has 0 saturated carbocycles. The van der Waals surface area contributed by atoms with Crippen LogP contribution in [0.3, 0.4) is 0 Å². The molecule has 0 fully saturated rings. The molecule has 12 heavy (non-hydrogen) atoms. The van der Waals surface area contributed by atoms with Crippen LogP contribution in [-0.4, -0.2) is 13.0 Å². The van der Waals surface area contributed by atoms with E-state index in [1.54, 1.807) is 0 Å². The van der Waals surface area contributed by atoms with E-state index in [4.69, 9.17) is 0 Å². The normalized spacial score (nSPS) is 10.5. The molecule has 0 saturated heterocycles. The van der Waals surface area contributed by atoms with Gasteiger partial charge in [0.1, 0.15) is 15.9 Å². The molecule has 0 spiro atoms. The van der Waals surface area contributed by atoms with Crippen LogP contribution in [0.5, 0.6) is 0 Å². The molecule has 0 radical (unpaired) electrons. The van der Waals surface area contributed by atoms with Crippen LogP contribution >= 0.6 is 0 Å². The second-order valence-electron chi connectivity index (χ2n) is 1.91. The Bertz CT molecular complexity index is 363. The molecule has 0 aliphatic rings. The first-order valence-corrected chi connectivity index (χ1v) is 4.12. The van der Waals surface area contributed by atoms with E-state index in [9.17, 15) is 17.4 Å². The topological polar surface area (TPSA) is 57.2 Å². The van der Waals surface area contributed by atoms with E-state index in [0.717, 1.165) is 12.1 Å². The zero-order chi connectivity index (χ0) is 8.48. The Hall–Kier alpha value is 0.696. The van der Waals surface area contributed by atoms with Gasteiger partial charge in [0.25, 0.3) is 0 Å². The Morgan fingerprint density at radius 1 is 1.33 bits per heavy atom. The summed E-state index contributed by atoms with van der Waals surface area (Å²) in [5, 5.41) is 0. The van der Waals surface area contributed by atoms with Crippen LogP contribution in [0.1, 0.15) is 0 Å². The average molecular weight is 214 g/mol. The van der Waals surface area contributed by atoms with Crippen molar-refractivity contribution in [2.45, 2.75) is 4.90 Å². The van der Waals surface area contributed by atoms with Crippen LogP contribution < -0.4 is 51.4 Å². The largest absolute Gasteiger partial charge is 1.00 e. The molecule has 1 rings (SSSR count). The Kier molecular flexibility index (Phi) is 5.08. The number of benzene rings is 1. The van der Waals surface area contributed by atoms with Gasteiger partial charge in [-0.3, -0.25) is 0 Å². The van der Waals surface area contributed by atoms with Crippen molar-refractivity contribution in [1.82, 2.24) is 0 Å². The maximum Gasteiger partial charge on any atom is 1.00 e. The van der Waals surface area contributed by atoms with Crippen LogP contribution in [0.25, 0.3) is 0 Å². The van der Waals surface area contributed by atoms with Crippen LogP contribution in [0, 0.1) is 5.82 Å². The minimum Gasteiger partial charge on any atom is -0.744 e. The van der Waals surface area contributed by atoms with Crippen molar-refractivity contribution < 1.29 is 68.7 Å². The second-order valence-corrected chi connectivity index (χ2v) is 3.29. The van der Waals surface area contributed by atoms with E-state index in [2.05, 4.69) is 0 Å². The van der Waals surface area contributed by atoms with Gasteiger partial charge in [0.15, 0.2) is 0 Å². The first-order valence-electron chi connectivity index (χ1n) is 2.71. The SMILES string of the molecule is O=S(=O)([O-])c1cccc(F)c1.[K+]. The predicted octanol–water partition coefficient (Wildman–Crippen LogP) is -2.27. The third-order valence-electron chi connectivity index (χ3n) is 1.08. The molecule has 0 aromatic heterocycles. The fraction of sp³-hybridized carbons (Fsp3) is 0. The van der Waals surface area contributed by atoms with Gasteiger partial charge in [-0.05, 0) is 18.2 Å². The van der Waals surface area contributed by atoms with Gasteiger partial charge >= 0.3 is 51.4 Å². The van der Waals surface area contributed by atoms with Crippen LogP contribution in [0.2, 0.25) is 0 Å². The van der Waals surface area contributed by atoms with Crippen molar-refractivity contribution in [1.29, 1.82) is 0 Å². The first-order chi connectivity index (χ1) is 5.00. The van der Waals surface area contributed by atoms with E-state index in [0.29, 0.717) is 6.07 Å². The van der Waals surface area contributed by atoms with Crippen molar-refractivity contribution in [2.75, 3.05) is 0 Å². The first kappa shape index (κ1) is 12.7. The molecule has 0 amide bonds. The zero-order valence-electron chi connectivity index (χ0n) is 6.32. The van der Waals surface area contributed by atoms with Gasteiger partial charge in [0, 0.05) is 0 Å². The average Bonchev–Trinajstić information content (AvgIpc) is 1.86. The number of halogens is 1. The van der Waals surface area contributed by atoms with Crippen molar-refractivity contribution in [2.24, 2.45) is 0 Å². The Morgan fingerprint density at radius 2 is 1.92 bits per heavy atom. The molecular weight excluding hydrogens is 210 g/mol. The van der Waals surface area contributed by atoms with Crippen LogP contribution in [0.4, 0.5) is 4.39 Å². The van der Waals surface area contributed by atoms with Crippen molar-refractivity contribution in [3.8, 4) is 0 Å². The van der Waals surface area contributed by atoms with Crippen molar-refractivity contribution in [3.05, 3.63) is 30.1 Å². The Labute approximate surface area is 112 Å². The van der Waals surface area contributed by atoms with Crippen molar-refractivity contribution in [3.63, 3.8) is 0 Å². The maximum absolute atomic E-state index is 12.3. The van der Waals surface area contributed by atoms with E-state index in [1.807, 2.05) is 0 Å². The summed E-state index contributed by atoms with van der Waals surface area (Å²) in [6, 6.07) is 3.96. The van der Waals surface area contributed by atoms with Crippen LogP contribution in [-0.2, 0) is 10.1 Å². The molecule has 0 aliphatic carbocycles.